The minimum Gasteiger partial charge on any atom is -0.490 e. The van der Waals surface area contributed by atoms with E-state index in [-0.39, 0.29) is 5.56 Å². The van der Waals surface area contributed by atoms with Crippen molar-refractivity contribution in [1.82, 2.24) is 4.68 Å². The van der Waals surface area contributed by atoms with Gasteiger partial charge in [-0.15, -0.1) is 0 Å². The zero-order valence-electron chi connectivity index (χ0n) is 14.3. The molecule has 0 unspecified atom stereocenters. The van der Waals surface area contributed by atoms with Crippen LogP contribution in [0.1, 0.15) is 31.4 Å². The Morgan fingerprint density at radius 2 is 1.96 bits per heavy atom. The molecule has 0 spiro atoms. The van der Waals surface area contributed by atoms with E-state index >= 15 is 0 Å². The fourth-order valence-corrected chi connectivity index (χ4v) is 2.17. The Morgan fingerprint density at radius 3 is 2.62 bits per heavy atom. The van der Waals surface area contributed by atoms with Crippen LogP contribution in [0.2, 0.25) is 0 Å². The molecule has 0 amide bonds. The molecule has 0 saturated heterocycles. The summed E-state index contributed by atoms with van der Waals surface area (Å²) >= 11 is 0. The molecule has 2 N–H and O–H groups in total. The molecule has 0 aliphatic heterocycles. The summed E-state index contributed by atoms with van der Waals surface area (Å²) < 4.78 is 12.4. The summed E-state index contributed by atoms with van der Waals surface area (Å²) in [4.78, 5) is 11.9. The van der Waals surface area contributed by atoms with E-state index in [9.17, 15) is 4.79 Å². The Balaban J connectivity index is 2.29. The molecular weight excluding hydrogens is 306 g/mol. The Labute approximate surface area is 141 Å². The van der Waals surface area contributed by atoms with E-state index in [0.29, 0.717) is 30.5 Å². The van der Waals surface area contributed by atoms with Gasteiger partial charge in [-0.05, 0) is 55.7 Å². The fourth-order valence-electron chi connectivity index (χ4n) is 2.17. The predicted molar refractivity (Wildman–Crippen MR) is 96.2 cm³/mol. The maximum absolute atomic E-state index is 11.9. The second-order valence-electron chi connectivity index (χ2n) is 5.34. The Kier molecular flexibility index (Phi) is 6.01. The van der Waals surface area contributed by atoms with Crippen molar-refractivity contribution >= 4 is 12.0 Å². The van der Waals surface area contributed by atoms with Crippen LogP contribution in [0.5, 0.6) is 11.5 Å². The van der Waals surface area contributed by atoms with Gasteiger partial charge in [-0.25, -0.2) is 0 Å². The standard InChI is InChI=1S/C18H23N3O3/c1-4-8-24-15-7-6-14(11-16(15)23-5-2)12-20-21-17(19)9-13(3)10-18(21)22/h6-7,9-12H,4-5,8,19H2,1-3H3/b20-12-. The quantitative estimate of drug-likeness (QED) is 0.792. The van der Waals surface area contributed by atoms with Crippen LogP contribution in [0.15, 0.2) is 40.2 Å². The molecule has 0 fully saturated rings. The highest BCUT2D eigenvalue weighted by atomic mass is 16.5. The smallest absolute Gasteiger partial charge is 0.273 e. The maximum Gasteiger partial charge on any atom is 0.273 e. The van der Waals surface area contributed by atoms with Gasteiger partial charge in [0.2, 0.25) is 0 Å². The molecule has 0 atom stereocenters. The monoisotopic (exact) mass is 329 g/mol. The van der Waals surface area contributed by atoms with E-state index in [0.717, 1.165) is 22.2 Å². The van der Waals surface area contributed by atoms with Gasteiger partial charge >= 0.3 is 0 Å². The molecule has 128 valence electrons. The summed E-state index contributed by atoms with van der Waals surface area (Å²) in [6.07, 6.45) is 2.49. The van der Waals surface area contributed by atoms with Crippen LogP contribution >= 0.6 is 0 Å². The topological polar surface area (TPSA) is 78.8 Å². The highest BCUT2D eigenvalue weighted by molar-refractivity contribution is 5.81. The van der Waals surface area contributed by atoms with E-state index in [1.165, 1.54) is 6.07 Å². The number of hydrogen-bond acceptors (Lipinski definition) is 5. The summed E-state index contributed by atoms with van der Waals surface area (Å²) in [5.41, 5.74) is 7.17. The Morgan fingerprint density at radius 1 is 1.17 bits per heavy atom. The van der Waals surface area contributed by atoms with Gasteiger partial charge in [-0.1, -0.05) is 6.92 Å². The molecule has 0 radical (unpaired) electrons. The number of hydrogen-bond donors (Lipinski definition) is 1. The van der Waals surface area contributed by atoms with Gasteiger partial charge in [0.1, 0.15) is 5.82 Å². The number of pyridine rings is 1. The zero-order chi connectivity index (χ0) is 17.5. The second kappa shape index (κ2) is 8.19. The lowest BCUT2D eigenvalue weighted by Crippen LogP contribution is -2.19. The Hall–Kier alpha value is -2.76. The number of nitrogens with two attached hydrogens (primary N) is 1. The average Bonchev–Trinajstić information content (AvgIpc) is 2.53. The van der Waals surface area contributed by atoms with Gasteiger partial charge in [0.05, 0.1) is 19.4 Å². The molecule has 1 heterocycles. The zero-order valence-corrected chi connectivity index (χ0v) is 14.3. The number of rotatable bonds is 7. The van der Waals surface area contributed by atoms with Crippen LogP contribution in [0.3, 0.4) is 0 Å². The number of aryl methyl sites for hydroxylation is 1. The van der Waals surface area contributed by atoms with Gasteiger partial charge < -0.3 is 15.2 Å². The molecule has 1 aromatic carbocycles. The SMILES string of the molecule is CCCOc1ccc(/C=N\n2c(N)cc(C)cc2=O)cc1OCC. The summed E-state index contributed by atoms with van der Waals surface area (Å²) in [7, 11) is 0. The van der Waals surface area contributed by atoms with Crippen LogP contribution in [0, 0.1) is 6.92 Å². The fraction of sp³-hybridized carbons (Fsp3) is 0.333. The lowest BCUT2D eigenvalue weighted by atomic mass is 10.2. The molecule has 2 rings (SSSR count). The number of ether oxygens (including phenoxy) is 2. The average molecular weight is 329 g/mol. The van der Waals surface area contributed by atoms with Crippen molar-refractivity contribution in [3.8, 4) is 11.5 Å². The van der Waals surface area contributed by atoms with Gasteiger partial charge in [0.25, 0.3) is 5.56 Å². The first-order valence-electron chi connectivity index (χ1n) is 7.98. The number of aromatic nitrogens is 1. The third-order valence-electron chi connectivity index (χ3n) is 3.23. The molecule has 0 bridgehead atoms. The lowest BCUT2D eigenvalue weighted by molar-refractivity contribution is 0.277. The minimum absolute atomic E-state index is 0.267. The van der Waals surface area contributed by atoms with E-state index in [2.05, 4.69) is 5.10 Å². The van der Waals surface area contributed by atoms with Crippen molar-refractivity contribution in [2.75, 3.05) is 18.9 Å². The molecule has 24 heavy (non-hydrogen) atoms. The summed E-state index contributed by atoms with van der Waals surface area (Å²) in [5, 5.41) is 4.17. The van der Waals surface area contributed by atoms with Crippen LogP contribution < -0.4 is 20.8 Å². The van der Waals surface area contributed by atoms with Crippen LogP contribution in [0.25, 0.3) is 0 Å². The normalized spacial score (nSPS) is 11.0. The van der Waals surface area contributed by atoms with Gasteiger partial charge in [-0.3, -0.25) is 4.79 Å². The van der Waals surface area contributed by atoms with Gasteiger partial charge in [0.15, 0.2) is 11.5 Å². The lowest BCUT2D eigenvalue weighted by Gasteiger charge is -2.12. The van der Waals surface area contributed by atoms with E-state index in [1.54, 1.807) is 12.3 Å². The van der Waals surface area contributed by atoms with Gasteiger partial charge in [0, 0.05) is 6.07 Å². The van der Waals surface area contributed by atoms with Crippen LogP contribution in [0.4, 0.5) is 5.82 Å². The predicted octanol–water partition coefficient (Wildman–Crippen LogP) is 2.81. The molecule has 0 saturated carbocycles. The van der Waals surface area contributed by atoms with Crippen molar-refractivity contribution < 1.29 is 9.47 Å². The van der Waals surface area contributed by atoms with E-state index in [4.69, 9.17) is 15.2 Å². The van der Waals surface area contributed by atoms with Crippen molar-refractivity contribution in [2.24, 2.45) is 5.10 Å². The summed E-state index contributed by atoms with van der Waals surface area (Å²) in [6, 6.07) is 8.70. The highest BCUT2D eigenvalue weighted by Crippen LogP contribution is 2.28. The first kappa shape index (κ1) is 17.6. The first-order valence-corrected chi connectivity index (χ1v) is 7.98. The number of benzene rings is 1. The largest absolute Gasteiger partial charge is 0.490 e. The number of anilines is 1. The summed E-state index contributed by atoms with van der Waals surface area (Å²) in [5.74, 6) is 1.64. The molecule has 6 nitrogen and oxygen atoms in total. The highest BCUT2D eigenvalue weighted by Gasteiger charge is 2.06. The molecule has 0 aliphatic carbocycles. The van der Waals surface area contributed by atoms with E-state index < -0.39 is 0 Å². The van der Waals surface area contributed by atoms with Crippen molar-refractivity contribution in [1.29, 1.82) is 0 Å². The third kappa shape index (κ3) is 4.38. The van der Waals surface area contributed by atoms with Crippen LogP contribution in [-0.2, 0) is 0 Å². The van der Waals surface area contributed by atoms with Crippen molar-refractivity contribution in [3.05, 3.63) is 51.8 Å². The molecule has 2 aromatic rings. The molecule has 6 heteroatoms. The maximum atomic E-state index is 11.9. The van der Waals surface area contributed by atoms with Crippen molar-refractivity contribution in [2.45, 2.75) is 27.2 Å². The first-order chi connectivity index (χ1) is 11.5. The molecule has 1 aromatic heterocycles. The van der Waals surface area contributed by atoms with E-state index in [1.807, 2.05) is 39.0 Å². The van der Waals surface area contributed by atoms with Crippen LogP contribution in [-0.4, -0.2) is 24.1 Å². The number of nitrogens with zero attached hydrogens (tertiary/aromatic N) is 2. The Bertz CT molecular complexity index is 782. The molecular formula is C18H23N3O3. The van der Waals surface area contributed by atoms with Crippen molar-refractivity contribution in [3.63, 3.8) is 0 Å². The third-order valence-corrected chi connectivity index (χ3v) is 3.23. The molecule has 0 aliphatic rings. The summed E-state index contributed by atoms with van der Waals surface area (Å²) in [6.45, 7) is 6.94. The van der Waals surface area contributed by atoms with Gasteiger partial charge in [-0.2, -0.15) is 9.78 Å². The number of nitrogen functional groups attached to an aromatic ring is 1. The minimum atomic E-state index is -0.267. The second-order valence-corrected chi connectivity index (χ2v) is 5.34.